The number of methoxy groups -OCH3 is 1. The number of likely N-dealkylation sites (tertiary alicyclic amines) is 1. The number of halogens is 3. The molecule has 3 heterocycles. The van der Waals surface area contributed by atoms with Crippen molar-refractivity contribution in [3.05, 3.63) is 10.7 Å². The number of alkyl halides is 2. The van der Waals surface area contributed by atoms with Gasteiger partial charge < -0.3 is 14.5 Å². The second-order valence-corrected chi connectivity index (χ2v) is 6.66. The SMILES string of the molecule is COc1nc(N2CC(C(=O)N3CCC(F)(F)CC3)C2)ncc1Br. The van der Waals surface area contributed by atoms with Crippen molar-refractivity contribution < 1.29 is 18.3 Å². The monoisotopic (exact) mass is 390 g/mol. The van der Waals surface area contributed by atoms with Crippen LogP contribution in [0.3, 0.4) is 0 Å². The lowest BCUT2D eigenvalue weighted by Gasteiger charge is -2.42. The molecule has 1 aromatic heterocycles. The van der Waals surface area contributed by atoms with E-state index in [0.29, 0.717) is 29.4 Å². The number of nitrogens with zero attached hydrogens (tertiary/aromatic N) is 4. The highest BCUT2D eigenvalue weighted by Gasteiger charge is 2.41. The Morgan fingerprint density at radius 2 is 2.04 bits per heavy atom. The highest BCUT2D eigenvalue weighted by molar-refractivity contribution is 9.10. The maximum atomic E-state index is 13.1. The van der Waals surface area contributed by atoms with Crippen LogP contribution in [0.4, 0.5) is 14.7 Å². The van der Waals surface area contributed by atoms with E-state index in [1.165, 1.54) is 7.11 Å². The van der Waals surface area contributed by atoms with Crippen LogP contribution in [0.1, 0.15) is 12.8 Å². The van der Waals surface area contributed by atoms with Crippen molar-refractivity contribution in [1.29, 1.82) is 0 Å². The van der Waals surface area contributed by atoms with Crippen LogP contribution in [0.15, 0.2) is 10.7 Å². The zero-order chi connectivity index (χ0) is 16.6. The molecule has 1 amide bonds. The number of carbonyl (C=O) groups is 1. The Labute approximate surface area is 141 Å². The molecule has 1 aromatic rings. The van der Waals surface area contributed by atoms with E-state index in [4.69, 9.17) is 4.74 Å². The van der Waals surface area contributed by atoms with Gasteiger partial charge in [0.25, 0.3) is 5.92 Å². The predicted octanol–water partition coefficient (Wildman–Crippen LogP) is 1.94. The lowest BCUT2D eigenvalue weighted by atomic mass is 9.97. The molecule has 0 aromatic carbocycles. The smallest absolute Gasteiger partial charge is 0.251 e. The third kappa shape index (κ3) is 3.39. The summed E-state index contributed by atoms with van der Waals surface area (Å²) >= 11 is 3.29. The van der Waals surface area contributed by atoms with Crippen LogP contribution in [0, 0.1) is 5.92 Å². The quantitative estimate of drug-likeness (QED) is 0.789. The first-order valence-corrected chi connectivity index (χ1v) is 8.17. The maximum Gasteiger partial charge on any atom is 0.251 e. The topological polar surface area (TPSA) is 58.6 Å². The summed E-state index contributed by atoms with van der Waals surface area (Å²) in [6.45, 7) is 1.25. The Morgan fingerprint density at radius 1 is 1.39 bits per heavy atom. The molecular weight excluding hydrogens is 374 g/mol. The van der Waals surface area contributed by atoms with Gasteiger partial charge in [-0.05, 0) is 15.9 Å². The van der Waals surface area contributed by atoms with Crippen LogP contribution in [-0.2, 0) is 4.79 Å². The first-order chi connectivity index (χ1) is 10.9. The number of amides is 1. The fourth-order valence-electron chi connectivity index (χ4n) is 2.75. The first-order valence-electron chi connectivity index (χ1n) is 7.38. The number of ether oxygens (including phenoxy) is 1. The number of hydrogen-bond acceptors (Lipinski definition) is 5. The normalized spacial score (nSPS) is 21.0. The van der Waals surface area contributed by atoms with Crippen molar-refractivity contribution >= 4 is 27.8 Å². The van der Waals surface area contributed by atoms with Crippen LogP contribution in [0.5, 0.6) is 5.88 Å². The Bertz CT molecular complexity index is 600. The van der Waals surface area contributed by atoms with Crippen LogP contribution in [0.2, 0.25) is 0 Å². The molecule has 3 rings (SSSR count). The van der Waals surface area contributed by atoms with E-state index in [-0.39, 0.29) is 37.8 Å². The van der Waals surface area contributed by atoms with Gasteiger partial charge in [-0.25, -0.2) is 13.8 Å². The van der Waals surface area contributed by atoms with E-state index in [1.54, 1.807) is 11.1 Å². The minimum absolute atomic E-state index is 0.0548. The Morgan fingerprint density at radius 3 is 2.65 bits per heavy atom. The third-order valence-corrected chi connectivity index (χ3v) is 4.76. The maximum absolute atomic E-state index is 13.1. The number of aromatic nitrogens is 2. The summed E-state index contributed by atoms with van der Waals surface area (Å²) in [6, 6.07) is 0. The number of hydrogen-bond donors (Lipinski definition) is 0. The molecule has 0 unspecified atom stereocenters. The highest BCUT2D eigenvalue weighted by atomic mass is 79.9. The summed E-state index contributed by atoms with van der Waals surface area (Å²) in [5.74, 6) is -1.94. The van der Waals surface area contributed by atoms with Gasteiger partial charge in [-0.3, -0.25) is 4.79 Å². The molecule has 6 nitrogen and oxygen atoms in total. The lowest BCUT2D eigenvalue weighted by molar-refractivity contribution is -0.142. The van der Waals surface area contributed by atoms with Gasteiger partial charge >= 0.3 is 0 Å². The molecule has 2 fully saturated rings. The van der Waals surface area contributed by atoms with Crippen molar-refractivity contribution in [2.75, 3.05) is 38.2 Å². The van der Waals surface area contributed by atoms with Gasteiger partial charge in [0.1, 0.15) is 0 Å². The molecule has 0 atom stereocenters. The molecule has 2 aliphatic rings. The van der Waals surface area contributed by atoms with E-state index in [1.807, 2.05) is 4.90 Å². The minimum atomic E-state index is -2.63. The van der Waals surface area contributed by atoms with Gasteiger partial charge in [0.2, 0.25) is 17.7 Å². The molecular formula is C14H17BrF2N4O2. The van der Waals surface area contributed by atoms with Crippen LogP contribution < -0.4 is 9.64 Å². The van der Waals surface area contributed by atoms with Crippen molar-refractivity contribution in [3.63, 3.8) is 0 Å². The van der Waals surface area contributed by atoms with Crippen molar-refractivity contribution in [2.45, 2.75) is 18.8 Å². The summed E-state index contributed by atoms with van der Waals surface area (Å²) in [5.41, 5.74) is 0. The van der Waals surface area contributed by atoms with Gasteiger partial charge in [-0.1, -0.05) is 0 Å². The second kappa shape index (κ2) is 6.18. The molecule has 0 bridgehead atoms. The van der Waals surface area contributed by atoms with Crippen LogP contribution >= 0.6 is 15.9 Å². The lowest BCUT2D eigenvalue weighted by Crippen LogP contribution is -2.56. The molecule has 0 aliphatic carbocycles. The average molecular weight is 391 g/mol. The largest absolute Gasteiger partial charge is 0.480 e. The molecule has 0 saturated carbocycles. The minimum Gasteiger partial charge on any atom is -0.480 e. The van der Waals surface area contributed by atoms with Crippen molar-refractivity contribution in [2.24, 2.45) is 5.92 Å². The molecule has 2 aliphatic heterocycles. The number of carbonyl (C=O) groups excluding carboxylic acids is 1. The van der Waals surface area contributed by atoms with Crippen LogP contribution in [-0.4, -0.2) is 60.0 Å². The third-order valence-electron chi connectivity index (χ3n) is 4.21. The van der Waals surface area contributed by atoms with Gasteiger partial charge in [-0.2, -0.15) is 4.98 Å². The number of piperidine rings is 1. The molecule has 23 heavy (non-hydrogen) atoms. The van der Waals surface area contributed by atoms with E-state index in [9.17, 15) is 13.6 Å². The second-order valence-electron chi connectivity index (χ2n) is 5.81. The van der Waals surface area contributed by atoms with Gasteiger partial charge in [0.15, 0.2) is 0 Å². The standard InChI is InChI=1S/C14H17BrF2N4O2/c1-23-11-10(15)6-18-13(19-11)21-7-9(8-21)12(22)20-4-2-14(16,17)3-5-20/h6,9H,2-5,7-8H2,1H3. The fourth-order valence-corrected chi connectivity index (χ4v) is 3.10. The summed E-state index contributed by atoms with van der Waals surface area (Å²) in [4.78, 5) is 24.2. The Hall–Kier alpha value is -1.51. The summed E-state index contributed by atoms with van der Waals surface area (Å²) in [5, 5.41) is 0. The first kappa shape index (κ1) is 16.4. The molecule has 9 heteroatoms. The molecule has 126 valence electrons. The fraction of sp³-hybridized carbons (Fsp3) is 0.643. The Balaban J connectivity index is 1.56. The molecule has 0 N–H and O–H groups in total. The molecule has 2 saturated heterocycles. The van der Waals surface area contributed by atoms with E-state index in [2.05, 4.69) is 25.9 Å². The van der Waals surface area contributed by atoms with Gasteiger partial charge in [0, 0.05) is 39.0 Å². The summed E-state index contributed by atoms with van der Waals surface area (Å²) < 4.78 is 32.1. The van der Waals surface area contributed by atoms with Crippen molar-refractivity contribution in [1.82, 2.24) is 14.9 Å². The number of anilines is 1. The predicted molar refractivity (Wildman–Crippen MR) is 82.7 cm³/mol. The zero-order valence-electron chi connectivity index (χ0n) is 12.6. The highest BCUT2D eigenvalue weighted by Crippen LogP contribution is 2.31. The van der Waals surface area contributed by atoms with Crippen molar-refractivity contribution in [3.8, 4) is 5.88 Å². The van der Waals surface area contributed by atoms with E-state index >= 15 is 0 Å². The molecule has 0 spiro atoms. The zero-order valence-corrected chi connectivity index (χ0v) is 14.2. The van der Waals surface area contributed by atoms with E-state index in [0.717, 1.165) is 0 Å². The Kier molecular flexibility index (Phi) is 4.39. The van der Waals surface area contributed by atoms with Gasteiger partial charge in [0.05, 0.1) is 23.7 Å². The van der Waals surface area contributed by atoms with Gasteiger partial charge in [-0.15, -0.1) is 0 Å². The average Bonchev–Trinajstić information content (AvgIpc) is 2.47. The summed E-state index contributed by atoms with van der Waals surface area (Å²) in [6.07, 6.45) is 1.10. The van der Waals surface area contributed by atoms with E-state index < -0.39 is 5.92 Å². The molecule has 0 radical (unpaired) electrons. The number of rotatable bonds is 3. The van der Waals surface area contributed by atoms with Crippen LogP contribution in [0.25, 0.3) is 0 Å². The summed E-state index contributed by atoms with van der Waals surface area (Å²) in [7, 11) is 1.52.